The smallest absolute Gasteiger partial charge is 0.311 e. The number of hydrogen-bond acceptors (Lipinski definition) is 3. The topological polar surface area (TPSA) is 29.5 Å². The third kappa shape index (κ3) is 8.51. The maximum Gasteiger partial charge on any atom is 0.311 e. The minimum atomic E-state index is -0.391. The molecular formula is C15H31NO2. The standard InChI is InChI=1S/C15H31NO2/c1-6-8-10-16(11-9-7-2)12-13-18-14(17)15(3,4)5/h6-13H2,1-5H3. The zero-order valence-corrected chi connectivity index (χ0v) is 12.9. The molecule has 0 amide bonds. The molecule has 0 aromatic carbocycles. The Labute approximate surface area is 113 Å². The van der Waals surface area contributed by atoms with Crippen molar-refractivity contribution in [2.75, 3.05) is 26.2 Å². The van der Waals surface area contributed by atoms with Crippen LogP contribution in [0.15, 0.2) is 0 Å². The van der Waals surface area contributed by atoms with Crippen molar-refractivity contribution in [3.63, 3.8) is 0 Å². The van der Waals surface area contributed by atoms with Gasteiger partial charge in [-0.1, -0.05) is 26.7 Å². The highest BCUT2D eigenvalue weighted by molar-refractivity contribution is 5.75. The van der Waals surface area contributed by atoms with Gasteiger partial charge in [-0.25, -0.2) is 0 Å². The summed E-state index contributed by atoms with van der Waals surface area (Å²) in [5.41, 5.74) is -0.391. The van der Waals surface area contributed by atoms with Gasteiger partial charge in [-0.2, -0.15) is 0 Å². The predicted octanol–water partition coefficient (Wildman–Crippen LogP) is 3.48. The second-order valence-electron chi connectivity index (χ2n) is 5.93. The molecule has 0 saturated carbocycles. The van der Waals surface area contributed by atoms with Crippen molar-refractivity contribution in [3.05, 3.63) is 0 Å². The third-order valence-electron chi connectivity index (χ3n) is 2.91. The first-order valence-corrected chi connectivity index (χ1v) is 7.31. The van der Waals surface area contributed by atoms with Gasteiger partial charge in [0.1, 0.15) is 6.61 Å². The Kier molecular flexibility index (Phi) is 9.08. The summed E-state index contributed by atoms with van der Waals surface area (Å²) in [5.74, 6) is -0.103. The van der Waals surface area contributed by atoms with Crippen LogP contribution in [0.25, 0.3) is 0 Å². The number of nitrogens with zero attached hydrogens (tertiary/aromatic N) is 1. The molecule has 0 spiro atoms. The van der Waals surface area contributed by atoms with Crippen LogP contribution in [0, 0.1) is 5.41 Å². The van der Waals surface area contributed by atoms with E-state index in [1.54, 1.807) is 0 Å². The lowest BCUT2D eigenvalue weighted by Crippen LogP contribution is -2.32. The Hall–Kier alpha value is -0.570. The van der Waals surface area contributed by atoms with Crippen molar-refractivity contribution in [1.29, 1.82) is 0 Å². The van der Waals surface area contributed by atoms with Crippen LogP contribution in [-0.4, -0.2) is 37.1 Å². The van der Waals surface area contributed by atoms with Gasteiger partial charge >= 0.3 is 5.97 Å². The SMILES string of the molecule is CCCCN(CCCC)CCOC(=O)C(C)(C)C. The van der Waals surface area contributed by atoms with E-state index in [1.807, 2.05) is 20.8 Å². The Morgan fingerprint density at radius 1 is 1.00 bits per heavy atom. The lowest BCUT2D eigenvalue weighted by atomic mass is 9.97. The molecule has 0 aromatic heterocycles. The second-order valence-corrected chi connectivity index (χ2v) is 5.93. The summed E-state index contributed by atoms with van der Waals surface area (Å²) < 4.78 is 5.32. The number of unbranched alkanes of at least 4 members (excludes halogenated alkanes) is 2. The molecule has 0 aliphatic rings. The molecule has 0 aromatic rings. The van der Waals surface area contributed by atoms with Crippen molar-refractivity contribution in [3.8, 4) is 0 Å². The van der Waals surface area contributed by atoms with Crippen LogP contribution in [0.1, 0.15) is 60.3 Å². The molecule has 0 unspecified atom stereocenters. The normalized spacial score (nSPS) is 11.9. The summed E-state index contributed by atoms with van der Waals surface area (Å²) in [6, 6.07) is 0. The molecule has 0 radical (unpaired) electrons. The lowest BCUT2D eigenvalue weighted by Gasteiger charge is -2.23. The number of rotatable bonds is 9. The first kappa shape index (κ1) is 17.4. The molecule has 0 aliphatic carbocycles. The molecule has 0 atom stereocenters. The van der Waals surface area contributed by atoms with Crippen LogP contribution in [0.3, 0.4) is 0 Å². The number of carbonyl (C=O) groups excluding carboxylic acids is 1. The van der Waals surface area contributed by atoms with E-state index in [4.69, 9.17) is 4.74 Å². The highest BCUT2D eigenvalue weighted by Crippen LogP contribution is 2.14. The largest absolute Gasteiger partial charge is 0.464 e. The van der Waals surface area contributed by atoms with Crippen molar-refractivity contribution >= 4 is 5.97 Å². The summed E-state index contributed by atoms with van der Waals surface area (Å²) in [7, 11) is 0. The van der Waals surface area contributed by atoms with E-state index >= 15 is 0 Å². The van der Waals surface area contributed by atoms with Gasteiger partial charge in [0.25, 0.3) is 0 Å². The highest BCUT2D eigenvalue weighted by atomic mass is 16.5. The number of carbonyl (C=O) groups is 1. The number of ether oxygens (including phenoxy) is 1. The molecule has 0 bridgehead atoms. The second kappa shape index (κ2) is 9.37. The average Bonchev–Trinajstić information content (AvgIpc) is 2.30. The summed E-state index contributed by atoms with van der Waals surface area (Å²) in [6.45, 7) is 13.7. The van der Waals surface area contributed by atoms with E-state index in [1.165, 1.54) is 25.7 Å². The first-order chi connectivity index (χ1) is 8.41. The van der Waals surface area contributed by atoms with Gasteiger partial charge in [-0.15, -0.1) is 0 Å². The fourth-order valence-electron chi connectivity index (χ4n) is 1.58. The van der Waals surface area contributed by atoms with Gasteiger partial charge < -0.3 is 4.74 Å². The van der Waals surface area contributed by atoms with Crippen LogP contribution in [0.2, 0.25) is 0 Å². The molecule has 18 heavy (non-hydrogen) atoms. The van der Waals surface area contributed by atoms with E-state index in [2.05, 4.69) is 18.7 Å². The van der Waals surface area contributed by atoms with E-state index < -0.39 is 5.41 Å². The van der Waals surface area contributed by atoms with E-state index in [0.29, 0.717) is 6.61 Å². The van der Waals surface area contributed by atoms with E-state index in [-0.39, 0.29) is 5.97 Å². The summed E-state index contributed by atoms with van der Waals surface area (Å²) in [5, 5.41) is 0. The Morgan fingerprint density at radius 2 is 1.50 bits per heavy atom. The maximum atomic E-state index is 11.6. The third-order valence-corrected chi connectivity index (χ3v) is 2.91. The van der Waals surface area contributed by atoms with Crippen LogP contribution in [0.4, 0.5) is 0 Å². The fraction of sp³-hybridized carbons (Fsp3) is 0.933. The summed E-state index contributed by atoms with van der Waals surface area (Å²) in [6.07, 6.45) is 4.86. The van der Waals surface area contributed by atoms with Crippen molar-refractivity contribution in [1.82, 2.24) is 4.90 Å². The number of esters is 1. The Morgan fingerprint density at radius 3 is 1.89 bits per heavy atom. The highest BCUT2D eigenvalue weighted by Gasteiger charge is 2.22. The average molecular weight is 257 g/mol. The van der Waals surface area contributed by atoms with Crippen molar-refractivity contribution in [2.45, 2.75) is 60.3 Å². The van der Waals surface area contributed by atoms with Crippen molar-refractivity contribution < 1.29 is 9.53 Å². The quantitative estimate of drug-likeness (QED) is 0.592. The Bertz CT molecular complexity index is 213. The fourth-order valence-corrected chi connectivity index (χ4v) is 1.58. The van der Waals surface area contributed by atoms with Gasteiger partial charge in [0.15, 0.2) is 0 Å². The molecule has 0 N–H and O–H groups in total. The van der Waals surface area contributed by atoms with Crippen LogP contribution in [0.5, 0.6) is 0 Å². The molecule has 3 nitrogen and oxygen atoms in total. The van der Waals surface area contributed by atoms with Gasteiger partial charge in [0.05, 0.1) is 5.41 Å². The zero-order valence-electron chi connectivity index (χ0n) is 12.9. The van der Waals surface area contributed by atoms with Crippen molar-refractivity contribution in [2.24, 2.45) is 5.41 Å². The Balaban J connectivity index is 3.90. The molecule has 108 valence electrons. The summed E-state index contributed by atoms with van der Waals surface area (Å²) in [4.78, 5) is 14.0. The molecule has 0 heterocycles. The number of hydrogen-bond donors (Lipinski definition) is 0. The molecule has 3 heteroatoms. The van der Waals surface area contributed by atoms with Crippen LogP contribution in [-0.2, 0) is 9.53 Å². The van der Waals surface area contributed by atoms with Gasteiger partial charge in [0, 0.05) is 6.54 Å². The maximum absolute atomic E-state index is 11.6. The van der Waals surface area contributed by atoms with Crippen LogP contribution < -0.4 is 0 Å². The van der Waals surface area contributed by atoms with E-state index in [0.717, 1.165) is 19.6 Å². The molecule has 0 aliphatic heterocycles. The molecule has 0 saturated heterocycles. The lowest BCUT2D eigenvalue weighted by molar-refractivity contribution is -0.153. The monoisotopic (exact) mass is 257 g/mol. The first-order valence-electron chi connectivity index (χ1n) is 7.31. The van der Waals surface area contributed by atoms with Gasteiger partial charge in [-0.05, 0) is 46.7 Å². The minimum Gasteiger partial charge on any atom is -0.464 e. The van der Waals surface area contributed by atoms with Gasteiger partial charge in [0.2, 0.25) is 0 Å². The molecular weight excluding hydrogens is 226 g/mol. The molecule has 0 rings (SSSR count). The summed E-state index contributed by atoms with van der Waals surface area (Å²) >= 11 is 0. The molecule has 0 fully saturated rings. The minimum absolute atomic E-state index is 0.103. The van der Waals surface area contributed by atoms with Gasteiger partial charge in [-0.3, -0.25) is 9.69 Å². The van der Waals surface area contributed by atoms with Crippen LogP contribution >= 0.6 is 0 Å². The zero-order chi connectivity index (χ0) is 14.0. The predicted molar refractivity (Wildman–Crippen MR) is 76.7 cm³/mol. The van der Waals surface area contributed by atoms with E-state index in [9.17, 15) is 4.79 Å².